The lowest BCUT2D eigenvalue weighted by Crippen LogP contribution is -2.37. The van der Waals surface area contributed by atoms with Crippen LogP contribution >= 0.6 is 11.6 Å². The van der Waals surface area contributed by atoms with E-state index >= 15 is 0 Å². The first-order valence-electron chi connectivity index (χ1n) is 6.03. The molecule has 0 fully saturated rings. The Kier molecular flexibility index (Phi) is 5.95. The van der Waals surface area contributed by atoms with E-state index in [0.717, 1.165) is 11.3 Å². The summed E-state index contributed by atoms with van der Waals surface area (Å²) in [5, 5.41) is 12.7. The van der Waals surface area contributed by atoms with Gasteiger partial charge in [-0.25, -0.2) is 0 Å². The summed E-state index contributed by atoms with van der Waals surface area (Å²) >= 11 is 5.96. The fourth-order valence-electron chi connectivity index (χ4n) is 1.76. The number of nitrogens with one attached hydrogen (secondary N) is 1. The summed E-state index contributed by atoms with van der Waals surface area (Å²) in [6, 6.07) is 5.28. The molecule has 0 aliphatic carbocycles. The number of carbonyl (C=O) groups is 1. The molecule has 0 saturated heterocycles. The van der Waals surface area contributed by atoms with Crippen LogP contribution in [-0.4, -0.2) is 30.6 Å². The Labute approximate surface area is 113 Å². The van der Waals surface area contributed by atoms with Crippen molar-refractivity contribution in [2.24, 2.45) is 0 Å². The first-order chi connectivity index (χ1) is 8.62. The van der Waals surface area contributed by atoms with Gasteiger partial charge >= 0.3 is 0 Å². The maximum atomic E-state index is 11.6. The molecule has 1 amide bonds. The standard InChI is InChI=1S/C13H19ClN2O2/c1-3-15-13(18)8-16(4-2)12-7-11(14)6-5-10(12)9-17/h5-7,17H,3-4,8-9H2,1-2H3,(H,15,18). The number of aliphatic hydroxyl groups is 1. The molecule has 5 heteroatoms. The lowest BCUT2D eigenvalue weighted by Gasteiger charge is -2.25. The molecule has 1 rings (SSSR count). The molecule has 4 nitrogen and oxygen atoms in total. The quantitative estimate of drug-likeness (QED) is 0.829. The third kappa shape index (κ3) is 3.89. The minimum absolute atomic E-state index is 0.0387. The van der Waals surface area contributed by atoms with Crippen molar-refractivity contribution in [1.29, 1.82) is 0 Å². The third-order valence-corrected chi connectivity index (χ3v) is 2.88. The zero-order chi connectivity index (χ0) is 13.5. The van der Waals surface area contributed by atoms with Gasteiger partial charge in [0, 0.05) is 29.4 Å². The van der Waals surface area contributed by atoms with Crippen molar-refractivity contribution in [1.82, 2.24) is 5.32 Å². The highest BCUT2D eigenvalue weighted by atomic mass is 35.5. The van der Waals surface area contributed by atoms with E-state index in [-0.39, 0.29) is 19.1 Å². The second kappa shape index (κ2) is 7.24. The average Bonchev–Trinajstić information content (AvgIpc) is 2.36. The fraction of sp³-hybridized carbons (Fsp3) is 0.462. The van der Waals surface area contributed by atoms with E-state index in [0.29, 0.717) is 18.1 Å². The lowest BCUT2D eigenvalue weighted by molar-refractivity contribution is -0.119. The van der Waals surface area contributed by atoms with E-state index in [1.165, 1.54) is 0 Å². The van der Waals surface area contributed by atoms with Gasteiger partial charge in [-0.1, -0.05) is 17.7 Å². The number of rotatable bonds is 6. The fourth-order valence-corrected chi connectivity index (χ4v) is 1.93. The highest BCUT2D eigenvalue weighted by Crippen LogP contribution is 2.24. The molecular formula is C13H19ClN2O2. The maximum Gasteiger partial charge on any atom is 0.239 e. The first-order valence-corrected chi connectivity index (χ1v) is 6.41. The smallest absolute Gasteiger partial charge is 0.239 e. The van der Waals surface area contributed by atoms with Crippen LogP contribution in [-0.2, 0) is 11.4 Å². The van der Waals surface area contributed by atoms with Gasteiger partial charge in [-0.2, -0.15) is 0 Å². The zero-order valence-corrected chi connectivity index (χ0v) is 11.5. The molecule has 0 atom stereocenters. The van der Waals surface area contributed by atoms with Gasteiger partial charge in [0.15, 0.2) is 0 Å². The van der Waals surface area contributed by atoms with Crippen molar-refractivity contribution < 1.29 is 9.90 Å². The number of nitrogens with zero attached hydrogens (tertiary/aromatic N) is 1. The van der Waals surface area contributed by atoms with Crippen molar-refractivity contribution >= 4 is 23.2 Å². The summed E-state index contributed by atoms with van der Waals surface area (Å²) in [5.74, 6) is -0.0387. The minimum atomic E-state index is -0.0710. The number of halogens is 1. The first kappa shape index (κ1) is 14.8. The second-order valence-corrected chi connectivity index (χ2v) is 4.34. The summed E-state index contributed by atoms with van der Waals surface area (Å²) in [5.41, 5.74) is 1.57. The van der Waals surface area contributed by atoms with Crippen LogP contribution in [0.15, 0.2) is 18.2 Å². The van der Waals surface area contributed by atoms with Gasteiger partial charge in [0.1, 0.15) is 0 Å². The van der Waals surface area contributed by atoms with Crippen molar-refractivity contribution in [3.63, 3.8) is 0 Å². The monoisotopic (exact) mass is 270 g/mol. The van der Waals surface area contributed by atoms with Gasteiger partial charge in [0.05, 0.1) is 13.2 Å². The maximum absolute atomic E-state index is 11.6. The van der Waals surface area contributed by atoms with Gasteiger partial charge in [-0.05, 0) is 26.0 Å². The average molecular weight is 271 g/mol. The number of anilines is 1. The van der Waals surface area contributed by atoms with Gasteiger partial charge in [0.2, 0.25) is 5.91 Å². The second-order valence-electron chi connectivity index (χ2n) is 3.90. The zero-order valence-electron chi connectivity index (χ0n) is 10.7. The number of hydrogen-bond acceptors (Lipinski definition) is 3. The molecule has 0 radical (unpaired) electrons. The van der Waals surface area contributed by atoms with Crippen LogP contribution in [0.5, 0.6) is 0 Å². The lowest BCUT2D eigenvalue weighted by atomic mass is 10.1. The molecule has 0 saturated carbocycles. The molecule has 0 unspecified atom stereocenters. The number of benzene rings is 1. The largest absolute Gasteiger partial charge is 0.392 e. The summed E-state index contributed by atoms with van der Waals surface area (Å²) in [6.07, 6.45) is 0. The van der Waals surface area contributed by atoms with Crippen molar-refractivity contribution in [3.8, 4) is 0 Å². The number of hydrogen-bond donors (Lipinski definition) is 2. The Bertz CT molecular complexity index is 410. The summed E-state index contributed by atoms with van der Waals surface area (Å²) < 4.78 is 0. The van der Waals surface area contributed by atoms with Crippen LogP contribution in [0.1, 0.15) is 19.4 Å². The molecule has 0 bridgehead atoms. The molecule has 0 heterocycles. The van der Waals surface area contributed by atoms with Crippen LogP contribution in [0.2, 0.25) is 5.02 Å². The summed E-state index contributed by atoms with van der Waals surface area (Å²) in [6.45, 7) is 5.31. The van der Waals surface area contributed by atoms with Gasteiger partial charge in [0.25, 0.3) is 0 Å². The molecular weight excluding hydrogens is 252 g/mol. The number of amides is 1. The van der Waals surface area contributed by atoms with Crippen LogP contribution in [0.25, 0.3) is 0 Å². The summed E-state index contributed by atoms with van der Waals surface area (Å²) in [7, 11) is 0. The van der Waals surface area contributed by atoms with E-state index in [4.69, 9.17) is 11.6 Å². The van der Waals surface area contributed by atoms with Crippen LogP contribution in [0, 0.1) is 0 Å². The minimum Gasteiger partial charge on any atom is -0.392 e. The molecule has 0 aliphatic heterocycles. The van der Waals surface area contributed by atoms with Crippen molar-refractivity contribution in [3.05, 3.63) is 28.8 Å². The third-order valence-electron chi connectivity index (χ3n) is 2.65. The highest BCUT2D eigenvalue weighted by Gasteiger charge is 2.13. The number of likely N-dealkylation sites (N-methyl/N-ethyl adjacent to an activating group) is 2. The van der Waals surface area contributed by atoms with E-state index in [2.05, 4.69) is 5.32 Å². The number of aliphatic hydroxyl groups excluding tert-OH is 1. The molecule has 0 spiro atoms. The summed E-state index contributed by atoms with van der Waals surface area (Å²) in [4.78, 5) is 13.5. The Hall–Kier alpha value is -1.26. The molecule has 0 aromatic heterocycles. The molecule has 18 heavy (non-hydrogen) atoms. The number of carbonyl (C=O) groups excluding carboxylic acids is 1. The van der Waals surface area contributed by atoms with E-state index in [1.807, 2.05) is 18.7 Å². The predicted molar refractivity (Wildman–Crippen MR) is 73.9 cm³/mol. The molecule has 1 aromatic carbocycles. The highest BCUT2D eigenvalue weighted by molar-refractivity contribution is 6.30. The Balaban J connectivity index is 2.93. The van der Waals surface area contributed by atoms with Crippen molar-refractivity contribution in [2.45, 2.75) is 20.5 Å². The normalized spacial score (nSPS) is 10.2. The van der Waals surface area contributed by atoms with Crippen LogP contribution in [0.4, 0.5) is 5.69 Å². The van der Waals surface area contributed by atoms with E-state index in [9.17, 15) is 9.90 Å². The Morgan fingerprint density at radius 2 is 2.17 bits per heavy atom. The van der Waals surface area contributed by atoms with E-state index < -0.39 is 0 Å². The van der Waals surface area contributed by atoms with Crippen LogP contribution in [0.3, 0.4) is 0 Å². The predicted octanol–water partition coefficient (Wildman–Crippen LogP) is 1.79. The van der Waals surface area contributed by atoms with Gasteiger partial charge < -0.3 is 15.3 Å². The molecule has 100 valence electrons. The van der Waals surface area contributed by atoms with Gasteiger partial charge in [-0.15, -0.1) is 0 Å². The SMILES string of the molecule is CCNC(=O)CN(CC)c1cc(Cl)ccc1CO. The van der Waals surface area contributed by atoms with Gasteiger partial charge in [-0.3, -0.25) is 4.79 Å². The Morgan fingerprint density at radius 3 is 2.72 bits per heavy atom. The van der Waals surface area contributed by atoms with Crippen molar-refractivity contribution in [2.75, 3.05) is 24.5 Å². The Morgan fingerprint density at radius 1 is 1.44 bits per heavy atom. The molecule has 2 N–H and O–H groups in total. The topological polar surface area (TPSA) is 52.6 Å². The molecule has 0 aliphatic rings. The van der Waals surface area contributed by atoms with Crippen LogP contribution < -0.4 is 10.2 Å². The van der Waals surface area contributed by atoms with E-state index in [1.54, 1.807) is 18.2 Å². The molecule has 1 aromatic rings.